The minimum atomic E-state index is -0.241. The molecule has 17 heavy (non-hydrogen) atoms. The van der Waals surface area contributed by atoms with E-state index in [1.807, 2.05) is 24.3 Å². The summed E-state index contributed by atoms with van der Waals surface area (Å²) < 4.78 is 4.69. The highest BCUT2D eigenvalue weighted by molar-refractivity contribution is 5.86. The molecular weight excluding hydrogens is 216 g/mol. The Morgan fingerprint density at radius 3 is 2.88 bits per heavy atom. The maximum Gasteiger partial charge on any atom is 0.311 e. The zero-order chi connectivity index (χ0) is 12.3. The largest absolute Gasteiger partial charge is 0.469 e. The van der Waals surface area contributed by atoms with Crippen LogP contribution in [0.3, 0.4) is 0 Å². The summed E-state index contributed by atoms with van der Waals surface area (Å²) in [5.41, 5.74) is 8.67. The van der Waals surface area contributed by atoms with Crippen LogP contribution in [0.1, 0.15) is 11.3 Å². The lowest BCUT2D eigenvalue weighted by atomic mass is 10.1. The smallest absolute Gasteiger partial charge is 0.311 e. The Labute approximate surface area is 99.8 Å². The predicted molar refractivity (Wildman–Crippen MR) is 66.8 cm³/mol. The molecule has 1 aromatic carbocycles. The van der Waals surface area contributed by atoms with Crippen LogP contribution >= 0.6 is 0 Å². The second-order valence-corrected chi connectivity index (χ2v) is 3.92. The number of nitrogens with two attached hydrogens (primary N) is 1. The molecule has 0 saturated heterocycles. The molecule has 0 fully saturated rings. The van der Waals surface area contributed by atoms with Crippen LogP contribution in [0.25, 0.3) is 10.9 Å². The van der Waals surface area contributed by atoms with E-state index in [4.69, 9.17) is 10.5 Å². The average molecular weight is 232 g/mol. The topological polar surface area (TPSA) is 68.1 Å². The van der Waals surface area contributed by atoms with E-state index < -0.39 is 0 Å². The number of hydrogen-bond donors (Lipinski definition) is 2. The predicted octanol–water partition coefficient (Wildman–Crippen LogP) is 1.38. The first-order chi connectivity index (χ1) is 8.26. The molecule has 2 aromatic rings. The Morgan fingerprint density at radius 2 is 2.18 bits per heavy atom. The summed E-state index contributed by atoms with van der Waals surface area (Å²) in [5.74, 6) is -0.241. The van der Waals surface area contributed by atoms with Gasteiger partial charge in [0.25, 0.3) is 0 Å². The van der Waals surface area contributed by atoms with Crippen LogP contribution in [0, 0.1) is 0 Å². The van der Waals surface area contributed by atoms with E-state index >= 15 is 0 Å². The molecule has 2 rings (SSSR count). The lowest BCUT2D eigenvalue weighted by molar-refractivity contribution is -0.139. The number of H-pyrrole nitrogens is 1. The zero-order valence-electron chi connectivity index (χ0n) is 9.82. The average Bonchev–Trinajstić information content (AvgIpc) is 2.68. The maximum atomic E-state index is 11.3. The third kappa shape index (κ3) is 2.31. The van der Waals surface area contributed by atoms with Gasteiger partial charge in [0.15, 0.2) is 0 Å². The van der Waals surface area contributed by atoms with Crippen molar-refractivity contribution in [2.24, 2.45) is 5.73 Å². The van der Waals surface area contributed by atoms with Gasteiger partial charge in [-0.05, 0) is 24.6 Å². The van der Waals surface area contributed by atoms with Gasteiger partial charge in [-0.1, -0.05) is 18.2 Å². The molecule has 0 bridgehead atoms. The number of carbonyl (C=O) groups excluding carboxylic acids is 1. The number of methoxy groups -OCH3 is 1. The molecule has 4 nitrogen and oxygen atoms in total. The van der Waals surface area contributed by atoms with E-state index in [1.165, 1.54) is 7.11 Å². The molecule has 1 heterocycles. The summed E-state index contributed by atoms with van der Waals surface area (Å²) in [6.07, 6.45) is 1.02. The van der Waals surface area contributed by atoms with Gasteiger partial charge < -0.3 is 15.5 Å². The molecule has 4 heteroatoms. The zero-order valence-corrected chi connectivity index (χ0v) is 9.82. The Balaban J connectivity index is 2.45. The number of ether oxygens (including phenoxy) is 1. The number of hydrogen-bond acceptors (Lipinski definition) is 3. The van der Waals surface area contributed by atoms with Crippen LogP contribution in [0.5, 0.6) is 0 Å². The van der Waals surface area contributed by atoms with Crippen LogP contribution in [-0.4, -0.2) is 24.6 Å². The third-order valence-electron chi connectivity index (χ3n) is 2.85. The Morgan fingerprint density at radius 1 is 1.41 bits per heavy atom. The van der Waals surface area contributed by atoms with Crippen molar-refractivity contribution < 1.29 is 9.53 Å². The molecule has 0 aliphatic heterocycles. The van der Waals surface area contributed by atoms with E-state index in [2.05, 4.69) is 4.98 Å². The van der Waals surface area contributed by atoms with E-state index in [0.29, 0.717) is 6.54 Å². The Hall–Kier alpha value is -1.81. The number of para-hydroxylation sites is 1. The summed E-state index contributed by atoms with van der Waals surface area (Å²) in [6, 6.07) is 7.98. The first-order valence-corrected chi connectivity index (χ1v) is 5.61. The molecule has 0 spiro atoms. The molecular formula is C13H16N2O2. The van der Waals surface area contributed by atoms with Crippen molar-refractivity contribution in [2.75, 3.05) is 13.7 Å². The monoisotopic (exact) mass is 232 g/mol. The van der Waals surface area contributed by atoms with Crippen LogP contribution < -0.4 is 5.73 Å². The number of rotatable bonds is 4. The fourth-order valence-corrected chi connectivity index (χ4v) is 2.05. The van der Waals surface area contributed by atoms with Crippen molar-refractivity contribution in [1.82, 2.24) is 4.98 Å². The Kier molecular flexibility index (Phi) is 3.44. The van der Waals surface area contributed by atoms with Gasteiger partial charge in [0.05, 0.1) is 13.5 Å². The number of esters is 1. The summed E-state index contributed by atoms with van der Waals surface area (Å²) >= 11 is 0. The summed E-state index contributed by atoms with van der Waals surface area (Å²) in [4.78, 5) is 14.6. The van der Waals surface area contributed by atoms with Crippen LogP contribution in [0.2, 0.25) is 0 Å². The standard InChI is InChI=1S/C13H16N2O2/c1-17-13(16)8-12-10(6-7-14)9-4-2-3-5-11(9)15-12/h2-5,15H,6-8,14H2,1H3. The molecule has 0 amide bonds. The first-order valence-electron chi connectivity index (χ1n) is 5.61. The molecule has 90 valence electrons. The number of nitrogens with one attached hydrogen (secondary N) is 1. The molecule has 0 saturated carbocycles. The molecule has 0 radical (unpaired) electrons. The number of fused-ring (bicyclic) bond motifs is 1. The Bertz CT molecular complexity index is 531. The summed E-state index contributed by atoms with van der Waals surface area (Å²) in [7, 11) is 1.40. The fourth-order valence-electron chi connectivity index (χ4n) is 2.05. The second-order valence-electron chi connectivity index (χ2n) is 3.92. The first kappa shape index (κ1) is 11.7. The molecule has 0 unspecified atom stereocenters. The van der Waals surface area contributed by atoms with Gasteiger partial charge in [0.2, 0.25) is 0 Å². The molecule has 1 aromatic heterocycles. The van der Waals surface area contributed by atoms with Crippen molar-refractivity contribution >= 4 is 16.9 Å². The van der Waals surface area contributed by atoms with Crippen LogP contribution in [-0.2, 0) is 22.4 Å². The number of benzene rings is 1. The molecule has 0 aliphatic rings. The highest BCUT2D eigenvalue weighted by Crippen LogP contribution is 2.23. The van der Waals surface area contributed by atoms with E-state index in [9.17, 15) is 4.79 Å². The molecule has 3 N–H and O–H groups in total. The van der Waals surface area contributed by atoms with Crippen LogP contribution in [0.4, 0.5) is 0 Å². The van der Waals surface area contributed by atoms with Gasteiger partial charge in [-0.25, -0.2) is 0 Å². The lowest BCUT2D eigenvalue weighted by Crippen LogP contribution is -2.09. The van der Waals surface area contributed by atoms with Crippen molar-refractivity contribution in [2.45, 2.75) is 12.8 Å². The van der Waals surface area contributed by atoms with E-state index in [-0.39, 0.29) is 12.4 Å². The fraction of sp³-hybridized carbons (Fsp3) is 0.308. The van der Waals surface area contributed by atoms with Gasteiger partial charge in [-0.3, -0.25) is 4.79 Å². The van der Waals surface area contributed by atoms with Crippen molar-refractivity contribution in [3.8, 4) is 0 Å². The van der Waals surface area contributed by atoms with E-state index in [0.717, 1.165) is 28.6 Å². The normalized spacial score (nSPS) is 10.7. The number of aromatic nitrogens is 1. The van der Waals surface area contributed by atoms with Crippen molar-refractivity contribution in [1.29, 1.82) is 0 Å². The maximum absolute atomic E-state index is 11.3. The van der Waals surface area contributed by atoms with Crippen molar-refractivity contribution in [3.63, 3.8) is 0 Å². The summed E-state index contributed by atoms with van der Waals surface area (Å²) in [5, 5.41) is 1.14. The summed E-state index contributed by atoms with van der Waals surface area (Å²) in [6.45, 7) is 0.565. The van der Waals surface area contributed by atoms with Gasteiger partial charge in [-0.15, -0.1) is 0 Å². The minimum absolute atomic E-state index is 0.241. The van der Waals surface area contributed by atoms with Gasteiger partial charge in [-0.2, -0.15) is 0 Å². The minimum Gasteiger partial charge on any atom is -0.469 e. The van der Waals surface area contributed by atoms with Crippen molar-refractivity contribution in [3.05, 3.63) is 35.5 Å². The highest BCUT2D eigenvalue weighted by Gasteiger charge is 2.13. The SMILES string of the molecule is COC(=O)Cc1[nH]c2ccccc2c1CCN. The molecule has 0 aliphatic carbocycles. The second kappa shape index (κ2) is 5.01. The molecule has 0 atom stereocenters. The highest BCUT2D eigenvalue weighted by atomic mass is 16.5. The number of aromatic amines is 1. The van der Waals surface area contributed by atoms with Gasteiger partial charge in [0.1, 0.15) is 0 Å². The third-order valence-corrected chi connectivity index (χ3v) is 2.85. The van der Waals surface area contributed by atoms with Crippen LogP contribution in [0.15, 0.2) is 24.3 Å². The number of carbonyl (C=O) groups is 1. The van der Waals surface area contributed by atoms with Gasteiger partial charge >= 0.3 is 5.97 Å². The van der Waals surface area contributed by atoms with Gasteiger partial charge in [0, 0.05) is 16.6 Å². The van der Waals surface area contributed by atoms with E-state index in [1.54, 1.807) is 0 Å². The lowest BCUT2D eigenvalue weighted by Gasteiger charge is -2.02. The quantitative estimate of drug-likeness (QED) is 0.783.